The predicted molar refractivity (Wildman–Crippen MR) is 91.3 cm³/mol. The third kappa shape index (κ3) is 4.58. The lowest BCUT2D eigenvalue weighted by Gasteiger charge is -2.12. The van der Waals surface area contributed by atoms with Crippen LogP contribution in [0.2, 0.25) is 0 Å². The highest BCUT2D eigenvalue weighted by Gasteiger charge is 2.16. The number of rotatable bonds is 4. The van der Waals surface area contributed by atoms with Crippen molar-refractivity contribution in [2.45, 2.75) is 0 Å². The number of thioether (sulfide) groups is 1. The third-order valence-corrected chi connectivity index (χ3v) is 3.44. The number of benzene rings is 1. The molecule has 21 heavy (non-hydrogen) atoms. The van der Waals surface area contributed by atoms with Crippen LogP contribution in [-0.4, -0.2) is 40.2 Å². The van der Waals surface area contributed by atoms with E-state index in [0.29, 0.717) is 24.4 Å². The minimum absolute atomic E-state index is 0. The summed E-state index contributed by atoms with van der Waals surface area (Å²) in [4.78, 5) is 14.8. The molecule has 1 heterocycles. The van der Waals surface area contributed by atoms with Crippen LogP contribution in [0.1, 0.15) is 5.56 Å². The van der Waals surface area contributed by atoms with Gasteiger partial charge in [0.2, 0.25) is 0 Å². The number of amidine groups is 1. The average Bonchev–Trinajstić information content (AvgIpc) is 2.90. The third-order valence-electron chi connectivity index (χ3n) is 2.53. The van der Waals surface area contributed by atoms with Crippen molar-refractivity contribution in [2.24, 2.45) is 10.1 Å². The van der Waals surface area contributed by atoms with E-state index in [4.69, 9.17) is 6.42 Å². The molecule has 0 unspecified atom stereocenters. The number of nitrogens with zero attached hydrogens (tertiary/aromatic N) is 4. The van der Waals surface area contributed by atoms with Crippen LogP contribution in [0.25, 0.3) is 0 Å². The maximum absolute atomic E-state index is 10.9. The summed E-state index contributed by atoms with van der Waals surface area (Å²) < 4.78 is 0. The molecule has 0 bridgehead atoms. The molecule has 2 rings (SSSR count). The molecule has 0 saturated heterocycles. The van der Waals surface area contributed by atoms with Crippen molar-refractivity contribution in [1.29, 1.82) is 0 Å². The van der Waals surface area contributed by atoms with Crippen LogP contribution in [0.3, 0.4) is 0 Å². The van der Waals surface area contributed by atoms with Gasteiger partial charge in [0.25, 0.3) is 5.69 Å². The monoisotopic (exact) mass is 368 g/mol. The number of hydrogen-bond donors (Lipinski definition) is 0. The van der Waals surface area contributed by atoms with Crippen LogP contribution < -0.4 is 0 Å². The molecule has 0 amide bonds. The first-order valence-corrected chi connectivity index (χ1v) is 6.86. The van der Waals surface area contributed by atoms with Crippen LogP contribution in [-0.2, 0) is 0 Å². The van der Waals surface area contributed by atoms with E-state index in [2.05, 4.69) is 16.0 Å². The molecular weight excluding hydrogens is 356 g/mol. The zero-order valence-corrected chi connectivity index (χ0v) is 13.5. The second-order valence-electron chi connectivity index (χ2n) is 3.84. The Morgan fingerprint density at radius 1 is 1.57 bits per heavy atom. The number of para-hydroxylation sites is 1. The second-order valence-corrected chi connectivity index (χ2v) is 4.78. The molecule has 0 saturated carbocycles. The molecule has 0 aliphatic carbocycles. The second kappa shape index (κ2) is 8.44. The number of aliphatic imine (C=N–C) groups is 1. The van der Waals surface area contributed by atoms with Crippen LogP contribution >= 0.6 is 28.7 Å². The fourth-order valence-electron chi connectivity index (χ4n) is 1.65. The van der Waals surface area contributed by atoms with Gasteiger partial charge in [-0.1, -0.05) is 29.8 Å². The minimum atomic E-state index is -0.423. The molecule has 0 aromatic heterocycles. The van der Waals surface area contributed by atoms with Gasteiger partial charge in [0.05, 0.1) is 35.5 Å². The van der Waals surface area contributed by atoms with Gasteiger partial charge < -0.3 is 0 Å². The van der Waals surface area contributed by atoms with Gasteiger partial charge in [-0.15, -0.1) is 23.4 Å². The highest BCUT2D eigenvalue weighted by molar-refractivity contribution is 8.93. The van der Waals surface area contributed by atoms with Crippen molar-refractivity contribution >= 4 is 45.8 Å². The topological polar surface area (TPSA) is 71.1 Å². The van der Waals surface area contributed by atoms with E-state index in [1.165, 1.54) is 24.0 Å². The molecule has 1 aliphatic rings. The van der Waals surface area contributed by atoms with Crippen LogP contribution in [0.4, 0.5) is 5.69 Å². The summed E-state index contributed by atoms with van der Waals surface area (Å²) in [7, 11) is 0. The lowest BCUT2D eigenvalue weighted by molar-refractivity contribution is -0.385. The summed E-state index contributed by atoms with van der Waals surface area (Å²) in [6.07, 6.45) is 6.69. The predicted octanol–water partition coefficient (Wildman–Crippen LogP) is 2.54. The number of nitro groups is 1. The Morgan fingerprint density at radius 2 is 2.33 bits per heavy atom. The molecule has 110 valence electrons. The van der Waals surface area contributed by atoms with Crippen LogP contribution in [0.15, 0.2) is 34.4 Å². The lowest BCUT2D eigenvalue weighted by atomic mass is 10.2. The van der Waals surface area contributed by atoms with Crippen molar-refractivity contribution in [2.75, 3.05) is 18.8 Å². The Balaban J connectivity index is 0.00000220. The van der Waals surface area contributed by atoms with Crippen molar-refractivity contribution in [3.8, 4) is 12.3 Å². The molecule has 0 fully saturated rings. The van der Waals surface area contributed by atoms with Gasteiger partial charge in [-0.05, 0) is 6.07 Å². The highest BCUT2D eigenvalue weighted by Crippen LogP contribution is 2.17. The van der Waals surface area contributed by atoms with Gasteiger partial charge in [0.1, 0.15) is 0 Å². The molecule has 6 nitrogen and oxygen atoms in total. The van der Waals surface area contributed by atoms with Crippen LogP contribution in [0.5, 0.6) is 0 Å². The molecule has 0 radical (unpaired) electrons. The van der Waals surface area contributed by atoms with Gasteiger partial charge in [0, 0.05) is 6.07 Å². The van der Waals surface area contributed by atoms with Gasteiger partial charge in [0.15, 0.2) is 5.17 Å². The van der Waals surface area contributed by atoms with Gasteiger partial charge in [-0.3, -0.25) is 15.1 Å². The van der Waals surface area contributed by atoms with Crippen LogP contribution in [0, 0.1) is 22.5 Å². The van der Waals surface area contributed by atoms with Crippen molar-refractivity contribution in [1.82, 2.24) is 5.01 Å². The first-order valence-electron chi connectivity index (χ1n) is 5.88. The van der Waals surface area contributed by atoms with E-state index in [1.54, 1.807) is 23.2 Å². The fourth-order valence-corrected chi connectivity index (χ4v) is 2.33. The molecule has 0 N–H and O–H groups in total. The van der Waals surface area contributed by atoms with E-state index >= 15 is 0 Å². The van der Waals surface area contributed by atoms with Gasteiger partial charge in [-0.2, -0.15) is 5.10 Å². The summed E-state index contributed by atoms with van der Waals surface area (Å²) in [5.74, 6) is 3.05. The molecule has 0 atom stereocenters. The summed E-state index contributed by atoms with van der Waals surface area (Å²) in [6.45, 7) is 1.31. The summed E-state index contributed by atoms with van der Waals surface area (Å²) in [5, 5.41) is 17.6. The Bertz CT molecular complexity index is 612. The average molecular weight is 369 g/mol. The normalized spacial score (nSPS) is 13.7. The number of halogens is 1. The number of hydrogen-bond acceptors (Lipinski definition) is 6. The molecular formula is C13H13BrN4O2S. The standard InChI is InChI=1S/C13H12N4O2S.BrH/c1-2-9-20-13-14-7-8-16(13)15-10-11-5-3-4-6-12(11)17(18)19;/h1,3-6,10H,7-9H2;1H/b15-10+;. The summed E-state index contributed by atoms with van der Waals surface area (Å²) in [6, 6.07) is 6.47. The largest absolute Gasteiger partial charge is 0.278 e. The van der Waals surface area contributed by atoms with Gasteiger partial charge in [-0.25, -0.2) is 5.01 Å². The molecule has 8 heteroatoms. The number of terminal acetylenes is 1. The Morgan fingerprint density at radius 3 is 3.05 bits per heavy atom. The highest BCUT2D eigenvalue weighted by atomic mass is 79.9. The van der Waals surface area contributed by atoms with E-state index in [1.807, 2.05) is 0 Å². The fraction of sp³-hybridized carbons (Fsp3) is 0.231. The maximum Gasteiger partial charge on any atom is 0.278 e. The maximum atomic E-state index is 10.9. The smallest absolute Gasteiger partial charge is 0.259 e. The van der Waals surface area contributed by atoms with E-state index in [9.17, 15) is 10.1 Å². The summed E-state index contributed by atoms with van der Waals surface area (Å²) >= 11 is 1.43. The van der Waals surface area contributed by atoms with Crippen molar-refractivity contribution < 1.29 is 4.92 Å². The molecule has 1 aliphatic heterocycles. The first kappa shape index (κ1) is 17.2. The van der Waals surface area contributed by atoms with E-state index in [-0.39, 0.29) is 22.7 Å². The van der Waals surface area contributed by atoms with E-state index in [0.717, 1.165) is 5.17 Å². The molecule has 0 spiro atoms. The first-order chi connectivity index (χ1) is 9.72. The summed E-state index contributed by atoms with van der Waals surface area (Å²) in [5.41, 5.74) is 0.496. The zero-order valence-electron chi connectivity index (χ0n) is 11.0. The number of nitro benzene ring substituents is 1. The Kier molecular flexibility index (Phi) is 6.91. The Labute approximate surface area is 137 Å². The molecule has 1 aromatic rings. The van der Waals surface area contributed by atoms with Crippen molar-refractivity contribution in [3.05, 3.63) is 39.9 Å². The minimum Gasteiger partial charge on any atom is -0.259 e. The molecule has 1 aromatic carbocycles. The Hall–Kier alpha value is -1.85. The lowest BCUT2D eigenvalue weighted by Crippen LogP contribution is -2.19. The zero-order chi connectivity index (χ0) is 14.4. The SMILES string of the molecule is Br.C#CCSC1=NCCN1/N=C/c1ccccc1[N+](=O)[O-]. The van der Waals surface area contributed by atoms with Crippen molar-refractivity contribution in [3.63, 3.8) is 0 Å². The quantitative estimate of drug-likeness (QED) is 0.354. The van der Waals surface area contributed by atoms with Gasteiger partial charge >= 0.3 is 0 Å². The number of hydrazone groups is 1. The van der Waals surface area contributed by atoms with E-state index < -0.39 is 4.92 Å².